The molecule has 0 radical (unpaired) electrons. The van der Waals surface area contributed by atoms with Crippen LogP contribution >= 0.6 is 0 Å². The smallest absolute Gasteiger partial charge is 0.222 e. The predicted octanol–water partition coefficient (Wildman–Crippen LogP) is 3.85. The van der Waals surface area contributed by atoms with Crippen LogP contribution in [-0.2, 0) is 17.8 Å². The molecule has 1 aliphatic heterocycles. The number of amides is 1. The third kappa shape index (κ3) is 5.02. The maximum atomic E-state index is 12.7. The SMILES string of the molecule is COc1ccc(CN2CCN(C(=O)CCCc3c[nH]c4ccccc34)CC2)cc1OC. The second kappa shape index (κ2) is 9.88. The molecule has 31 heavy (non-hydrogen) atoms. The Morgan fingerprint density at radius 1 is 1.00 bits per heavy atom. The number of nitrogens with zero attached hydrogens (tertiary/aromatic N) is 2. The molecule has 2 aromatic carbocycles. The minimum Gasteiger partial charge on any atom is -0.493 e. The van der Waals surface area contributed by atoms with E-state index >= 15 is 0 Å². The number of hydrogen-bond acceptors (Lipinski definition) is 4. The zero-order chi connectivity index (χ0) is 21.6. The van der Waals surface area contributed by atoms with Gasteiger partial charge in [0.2, 0.25) is 5.91 Å². The lowest BCUT2D eigenvalue weighted by Crippen LogP contribution is -2.48. The zero-order valence-corrected chi connectivity index (χ0v) is 18.4. The molecule has 4 rings (SSSR count). The Morgan fingerprint density at radius 3 is 2.55 bits per heavy atom. The topological polar surface area (TPSA) is 57.8 Å². The number of hydrogen-bond donors (Lipinski definition) is 1. The van der Waals surface area contributed by atoms with E-state index < -0.39 is 0 Å². The molecular weight excluding hydrogens is 390 g/mol. The minimum atomic E-state index is 0.269. The van der Waals surface area contributed by atoms with E-state index in [1.165, 1.54) is 16.5 Å². The van der Waals surface area contributed by atoms with E-state index in [2.05, 4.69) is 40.3 Å². The van der Waals surface area contributed by atoms with Gasteiger partial charge in [0.25, 0.3) is 0 Å². The number of aryl methyl sites for hydroxylation is 1. The molecule has 1 amide bonds. The number of aromatic amines is 1. The Labute approximate surface area is 183 Å². The Balaban J connectivity index is 1.22. The van der Waals surface area contributed by atoms with Gasteiger partial charge in [-0.15, -0.1) is 0 Å². The number of aromatic nitrogens is 1. The van der Waals surface area contributed by atoms with Crippen molar-refractivity contribution < 1.29 is 14.3 Å². The average molecular weight is 422 g/mol. The standard InChI is InChI=1S/C25H31N3O3/c1-30-23-11-10-19(16-24(23)31-2)18-27-12-14-28(15-13-27)25(29)9-5-6-20-17-26-22-8-4-3-7-21(20)22/h3-4,7-8,10-11,16-17,26H,5-6,9,12-15,18H2,1-2H3. The summed E-state index contributed by atoms with van der Waals surface area (Å²) >= 11 is 0. The van der Waals surface area contributed by atoms with Crippen molar-refractivity contribution in [1.82, 2.24) is 14.8 Å². The van der Waals surface area contributed by atoms with Crippen LogP contribution in [0.15, 0.2) is 48.7 Å². The van der Waals surface area contributed by atoms with Crippen LogP contribution in [0.3, 0.4) is 0 Å². The molecule has 0 spiro atoms. The third-order valence-electron chi connectivity index (χ3n) is 6.09. The summed E-state index contributed by atoms with van der Waals surface area (Å²) in [5.74, 6) is 1.77. The number of carbonyl (C=O) groups is 1. The summed E-state index contributed by atoms with van der Waals surface area (Å²) in [7, 11) is 3.30. The molecular formula is C25H31N3O3. The van der Waals surface area contributed by atoms with Crippen LogP contribution < -0.4 is 9.47 Å². The molecule has 3 aromatic rings. The first-order valence-electron chi connectivity index (χ1n) is 10.9. The Bertz CT molecular complexity index is 1020. The first-order valence-corrected chi connectivity index (χ1v) is 10.9. The monoisotopic (exact) mass is 421 g/mol. The molecule has 0 aliphatic carbocycles. The van der Waals surface area contributed by atoms with Gasteiger partial charge in [-0.1, -0.05) is 24.3 Å². The largest absolute Gasteiger partial charge is 0.493 e. The second-order valence-electron chi connectivity index (χ2n) is 8.06. The van der Waals surface area contributed by atoms with Crippen LogP contribution in [0.4, 0.5) is 0 Å². The number of para-hydroxylation sites is 1. The molecule has 1 aliphatic rings. The van der Waals surface area contributed by atoms with Gasteiger partial charge in [-0.25, -0.2) is 0 Å². The molecule has 2 heterocycles. The number of fused-ring (bicyclic) bond motifs is 1. The second-order valence-corrected chi connectivity index (χ2v) is 8.06. The van der Waals surface area contributed by atoms with Crippen molar-refractivity contribution >= 4 is 16.8 Å². The van der Waals surface area contributed by atoms with Crippen LogP contribution in [-0.4, -0.2) is 61.1 Å². The van der Waals surface area contributed by atoms with Gasteiger partial charge >= 0.3 is 0 Å². The maximum Gasteiger partial charge on any atom is 0.222 e. The van der Waals surface area contributed by atoms with Crippen LogP contribution in [0.2, 0.25) is 0 Å². The van der Waals surface area contributed by atoms with E-state index in [1.54, 1.807) is 14.2 Å². The van der Waals surface area contributed by atoms with Gasteiger partial charge in [0.05, 0.1) is 14.2 Å². The highest BCUT2D eigenvalue weighted by Crippen LogP contribution is 2.28. The first kappa shape index (κ1) is 21.2. The van der Waals surface area contributed by atoms with Crippen molar-refractivity contribution in [1.29, 1.82) is 0 Å². The highest BCUT2D eigenvalue weighted by Gasteiger charge is 2.21. The van der Waals surface area contributed by atoms with Gasteiger partial charge in [0, 0.05) is 56.2 Å². The molecule has 1 fully saturated rings. The molecule has 6 heteroatoms. The van der Waals surface area contributed by atoms with Gasteiger partial charge in [-0.2, -0.15) is 0 Å². The predicted molar refractivity (Wildman–Crippen MR) is 123 cm³/mol. The minimum absolute atomic E-state index is 0.269. The number of methoxy groups -OCH3 is 2. The van der Waals surface area contributed by atoms with E-state index in [4.69, 9.17) is 9.47 Å². The molecule has 1 saturated heterocycles. The summed E-state index contributed by atoms with van der Waals surface area (Å²) in [6.07, 6.45) is 4.48. The van der Waals surface area contributed by atoms with Crippen LogP contribution in [0.25, 0.3) is 10.9 Å². The highest BCUT2D eigenvalue weighted by molar-refractivity contribution is 5.83. The highest BCUT2D eigenvalue weighted by atomic mass is 16.5. The van der Waals surface area contributed by atoms with Crippen LogP contribution in [0.1, 0.15) is 24.0 Å². The van der Waals surface area contributed by atoms with Crippen molar-refractivity contribution in [3.8, 4) is 11.5 Å². The van der Waals surface area contributed by atoms with Gasteiger partial charge in [-0.3, -0.25) is 9.69 Å². The lowest BCUT2D eigenvalue weighted by Gasteiger charge is -2.35. The first-order chi connectivity index (χ1) is 15.2. The molecule has 164 valence electrons. The molecule has 0 unspecified atom stereocenters. The summed E-state index contributed by atoms with van der Waals surface area (Å²) in [5, 5.41) is 1.26. The van der Waals surface area contributed by atoms with E-state index in [9.17, 15) is 4.79 Å². The fourth-order valence-corrected chi connectivity index (χ4v) is 4.32. The summed E-state index contributed by atoms with van der Waals surface area (Å²) < 4.78 is 10.7. The molecule has 0 saturated carbocycles. The summed E-state index contributed by atoms with van der Waals surface area (Å²) in [5.41, 5.74) is 3.65. The molecule has 1 aromatic heterocycles. The number of nitrogens with one attached hydrogen (secondary N) is 1. The number of benzene rings is 2. The average Bonchev–Trinajstić information content (AvgIpc) is 3.22. The fourth-order valence-electron chi connectivity index (χ4n) is 4.32. The Hall–Kier alpha value is -2.99. The summed E-state index contributed by atoms with van der Waals surface area (Å²) in [4.78, 5) is 20.4. The summed E-state index contributed by atoms with van der Waals surface area (Å²) in [6.45, 7) is 4.21. The fraction of sp³-hybridized carbons (Fsp3) is 0.400. The molecule has 1 N–H and O–H groups in total. The lowest BCUT2D eigenvalue weighted by atomic mass is 10.1. The number of carbonyl (C=O) groups excluding carboxylic acids is 1. The van der Waals surface area contributed by atoms with E-state index in [-0.39, 0.29) is 5.91 Å². The van der Waals surface area contributed by atoms with Gasteiger partial charge in [-0.05, 0) is 42.2 Å². The Kier molecular flexibility index (Phi) is 6.77. The lowest BCUT2D eigenvalue weighted by molar-refractivity contribution is -0.133. The van der Waals surface area contributed by atoms with Crippen molar-refractivity contribution in [3.05, 3.63) is 59.8 Å². The number of ether oxygens (including phenoxy) is 2. The van der Waals surface area contributed by atoms with Crippen molar-refractivity contribution in [3.63, 3.8) is 0 Å². The molecule has 0 bridgehead atoms. The molecule has 6 nitrogen and oxygen atoms in total. The van der Waals surface area contributed by atoms with Gasteiger partial charge < -0.3 is 19.4 Å². The number of rotatable bonds is 8. The number of piperazine rings is 1. The van der Waals surface area contributed by atoms with Gasteiger partial charge in [0.15, 0.2) is 11.5 Å². The Morgan fingerprint density at radius 2 is 1.77 bits per heavy atom. The normalized spacial score (nSPS) is 14.7. The molecule has 0 atom stereocenters. The zero-order valence-electron chi connectivity index (χ0n) is 18.4. The van der Waals surface area contributed by atoms with Crippen LogP contribution in [0, 0.1) is 0 Å². The van der Waals surface area contributed by atoms with Gasteiger partial charge in [0.1, 0.15) is 0 Å². The summed E-state index contributed by atoms with van der Waals surface area (Å²) in [6, 6.07) is 14.4. The van der Waals surface area contributed by atoms with Crippen molar-refractivity contribution in [2.45, 2.75) is 25.8 Å². The quantitative estimate of drug-likeness (QED) is 0.600. The third-order valence-corrected chi connectivity index (χ3v) is 6.09. The maximum absolute atomic E-state index is 12.7. The van der Waals surface area contributed by atoms with E-state index in [0.717, 1.165) is 62.6 Å². The van der Waals surface area contributed by atoms with Crippen molar-refractivity contribution in [2.75, 3.05) is 40.4 Å². The van der Waals surface area contributed by atoms with E-state index in [1.807, 2.05) is 23.1 Å². The van der Waals surface area contributed by atoms with Crippen molar-refractivity contribution in [2.24, 2.45) is 0 Å². The van der Waals surface area contributed by atoms with E-state index in [0.29, 0.717) is 6.42 Å². The number of H-pyrrole nitrogens is 1. The van der Waals surface area contributed by atoms with Crippen LogP contribution in [0.5, 0.6) is 11.5 Å².